The Morgan fingerprint density at radius 2 is 2.06 bits per heavy atom. The van der Waals surface area contributed by atoms with Crippen LogP contribution < -0.4 is 9.47 Å². The Labute approximate surface area is 112 Å². The molecule has 0 radical (unpaired) electrons. The minimum Gasteiger partial charge on any atom is -0.494 e. The van der Waals surface area contributed by atoms with Gasteiger partial charge in [-0.1, -0.05) is 22.0 Å². The number of allylic oxidation sites excluding steroid dienone is 1. The average molecular weight is 319 g/mol. The predicted molar refractivity (Wildman–Crippen MR) is 67.5 cm³/mol. The first-order valence-corrected chi connectivity index (χ1v) is 6.09. The molecule has 0 unspecified atom stereocenters. The molecular weight excluding hydrogens is 307 g/mol. The van der Waals surface area contributed by atoms with Crippen molar-refractivity contribution in [2.75, 3.05) is 19.5 Å². The van der Waals surface area contributed by atoms with Crippen LogP contribution in [0.25, 0.3) is 0 Å². The van der Waals surface area contributed by atoms with E-state index < -0.39 is 11.8 Å². The summed E-state index contributed by atoms with van der Waals surface area (Å²) in [4.78, 5) is 11.1. The number of alkyl halides is 1. The molecule has 4 nitrogen and oxygen atoms in total. The van der Waals surface area contributed by atoms with Crippen LogP contribution in [0.4, 0.5) is 4.39 Å². The molecule has 1 rings (SSSR count). The van der Waals surface area contributed by atoms with Gasteiger partial charge in [-0.15, -0.1) is 0 Å². The predicted octanol–water partition coefficient (Wildman–Crippen LogP) is 2.66. The third kappa shape index (κ3) is 3.73. The van der Waals surface area contributed by atoms with Gasteiger partial charge in [0.15, 0.2) is 11.5 Å². The first kappa shape index (κ1) is 14.5. The Balaban J connectivity index is 2.95. The summed E-state index contributed by atoms with van der Waals surface area (Å²) in [6.45, 7) is 0. The van der Waals surface area contributed by atoms with E-state index in [1.807, 2.05) is 0 Å². The monoisotopic (exact) mass is 318 g/mol. The van der Waals surface area contributed by atoms with Crippen molar-refractivity contribution in [3.8, 4) is 11.5 Å². The molecule has 6 heteroatoms. The number of benzene rings is 1. The van der Waals surface area contributed by atoms with Crippen LogP contribution in [0.2, 0.25) is 0 Å². The number of halogens is 2. The first-order chi connectivity index (χ1) is 8.62. The second-order valence-electron chi connectivity index (χ2n) is 3.14. The summed E-state index contributed by atoms with van der Waals surface area (Å²) in [6.07, 6.45) is 1.13. The van der Waals surface area contributed by atoms with E-state index in [9.17, 15) is 9.18 Å². The van der Waals surface area contributed by atoms with Crippen molar-refractivity contribution in [2.24, 2.45) is 0 Å². The minimum atomic E-state index is -0.628. The van der Waals surface area contributed by atoms with Crippen LogP contribution in [0.1, 0.15) is 0 Å². The number of ether oxygens (including phenoxy) is 3. The number of rotatable bonds is 5. The summed E-state index contributed by atoms with van der Waals surface area (Å²) < 4.78 is 28.3. The third-order valence-corrected chi connectivity index (χ3v) is 2.55. The Kier molecular flexibility index (Phi) is 5.64. The van der Waals surface area contributed by atoms with Crippen LogP contribution in [0.5, 0.6) is 11.5 Å². The topological polar surface area (TPSA) is 44.8 Å². The fourth-order valence-corrected chi connectivity index (χ4v) is 1.43. The quantitative estimate of drug-likeness (QED) is 0.362. The number of carbonyl (C=O) groups is 1. The highest BCUT2D eigenvalue weighted by Gasteiger charge is 2.12. The van der Waals surface area contributed by atoms with Gasteiger partial charge in [0.2, 0.25) is 5.82 Å². The van der Waals surface area contributed by atoms with Gasteiger partial charge in [0.05, 0.1) is 25.6 Å². The van der Waals surface area contributed by atoms with E-state index in [1.165, 1.54) is 26.4 Å². The van der Waals surface area contributed by atoms with Crippen LogP contribution in [-0.4, -0.2) is 25.5 Å². The van der Waals surface area contributed by atoms with Crippen LogP contribution >= 0.6 is 15.9 Å². The lowest BCUT2D eigenvalue weighted by Gasteiger charge is -2.10. The maximum atomic E-state index is 13.8. The molecule has 0 heterocycles. The Hall–Kier alpha value is -1.56. The number of methoxy groups -OCH3 is 2. The van der Waals surface area contributed by atoms with Crippen molar-refractivity contribution in [3.05, 3.63) is 35.9 Å². The Morgan fingerprint density at radius 1 is 1.39 bits per heavy atom. The van der Waals surface area contributed by atoms with E-state index in [0.717, 1.165) is 6.08 Å². The molecule has 0 aliphatic rings. The Bertz CT molecular complexity index is 459. The van der Waals surface area contributed by atoms with Gasteiger partial charge < -0.3 is 14.2 Å². The van der Waals surface area contributed by atoms with E-state index in [-0.39, 0.29) is 22.6 Å². The van der Waals surface area contributed by atoms with Gasteiger partial charge >= 0.3 is 5.97 Å². The largest absolute Gasteiger partial charge is 0.494 e. The average Bonchev–Trinajstić information content (AvgIpc) is 2.39. The van der Waals surface area contributed by atoms with E-state index >= 15 is 0 Å². The highest BCUT2D eigenvalue weighted by molar-refractivity contribution is 9.09. The molecule has 1 aromatic rings. The molecule has 0 amide bonds. The molecule has 0 atom stereocenters. The molecule has 0 aromatic heterocycles. The summed E-state index contributed by atoms with van der Waals surface area (Å²) in [5, 5.41) is 0.249. The van der Waals surface area contributed by atoms with Gasteiger partial charge in [-0.25, -0.2) is 4.79 Å². The molecule has 0 saturated heterocycles. The van der Waals surface area contributed by atoms with Gasteiger partial charge in [0, 0.05) is 0 Å². The lowest BCUT2D eigenvalue weighted by atomic mass is 10.3. The molecule has 0 N–H and O–H groups in total. The van der Waals surface area contributed by atoms with Gasteiger partial charge in [0.1, 0.15) is 5.76 Å². The van der Waals surface area contributed by atoms with Gasteiger partial charge in [0.25, 0.3) is 0 Å². The lowest BCUT2D eigenvalue weighted by Crippen LogP contribution is -2.04. The van der Waals surface area contributed by atoms with Gasteiger partial charge in [-0.3, -0.25) is 0 Å². The molecule has 0 aliphatic carbocycles. The minimum absolute atomic E-state index is 0.0241. The molecule has 98 valence electrons. The maximum Gasteiger partial charge on any atom is 0.333 e. The SMILES string of the molecule is COC(=O)C=C(CBr)Oc1cccc(OC)c1F. The van der Waals surface area contributed by atoms with Crippen molar-refractivity contribution in [1.82, 2.24) is 0 Å². The zero-order valence-electron chi connectivity index (χ0n) is 9.91. The number of hydrogen-bond acceptors (Lipinski definition) is 4. The zero-order chi connectivity index (χ0) is 13.5. The zero-order valence-corrected chi connectivity index (χ0v) is 11.5. The maximum absolute atomic E-state index is 13.8. The third-order valence-electron chi connectivity index (χ3n) is 2.00. The molecule has 1 aromatic carbocycles. The van der Waals surface area contributed by atoms with Crippen LogP contribution in [0.3, 0.4) is 0 Å². The van der Waals surface area contributed by atoms with Crippen molar-refractivity contribution < 1.29 is 23.4 Å². The fraction of sp³-hybridized carbons (Fsp3) is 0.250. The van der Waals surface area contributed by atoms with Crippen molar-refractivity contribution in [2.45, 2.75) is 0 Å². The summed E-state index contributed by atoms with van der Waals surface area (Å²) in [5.74, 6) is -0.929. The Morgan fingerprint density at radius 3 is 2.61 bits per heavy atom. The second-order valence-corrected chi connectivity index (χ2v) is 3.70. The highest BCUT2D eigenvalue weighted by atomic mass is 79.9. The van der Waals surface area contributed by atoms with E-state index in [0.29, 0.717) is 0 Å². The number of esters is 1. The van der Waals surface area contributed by atoms with Crippen molar-refractivity contribution in [1.29, 1.82) is 0 Å². The van der Waals surface area contributed by atoms with Crippen LogP contribution in [0, 0.1) is 5.82 Å². The molecule has 0 aliphatic heterocycles. The lowest BCUT2D eigenvalue weighted by molar-refractivity contribution is -0.135. The van der Waals surface area contributed by atoms with Crippen molar-refractivity contribution in [3.63, 3.8) is 0 Å². The number of hydrogen-bond donors (Lipinski definition) is 0. The second kappa shape index (κ2) is 7.00. The van der Waals surface area contributed by atoms with Gasteiger partial charge in [-0.05, 0) is 12.1 Å². The standard InChI is InChI=1S/C12H12BrFO4/c1-16-9-4-3-5-10(12(9)14)18-8(7-13)6-11(15)17-2/h3-6H,7H2,1-2H3. The normalized spacial score (nSPS) is 11.0. The summed E-state index contributed by atoms with van der Waals surface area (Å²) in [7, 11) is 2.61. The first-order valence-electron chi connectivity index (χ1n) is 4.97. The van der Waals surface area contributed by atoms with Crippen molar-refractivity contribution >= 4 is 21.9 Å². The number of carbonyl (C=O) groups excluding carboxylic acids is 1. The van der Waals surface area contributed by atoms with E-state index in [2.05, 4.69) is 20.7 Å². The molecular formula is C12H12BrFO4. The smallest absolute Gasteiger partial charge is 0.333 e. The molecule has 18 heavy (non-hydrogen) atoms. The van der Waals surface area contributed by atoms with E-state index in [4.69, 9.17) is 9.47 Å². The van der Waals surface area contributed by atoms with Crippen LogP contribution in [0.15, 0.2) is 30.0 Å². The molecule has 0 saturated carbocycles. The molecule has 0 fully saturated rings. The van der Waals surface area contributed by atoms with Gasteiger partial charge in [-0.2, -0.15) is 4.39 Å². The highest BCUT2D eigenvalue weighted by Crippen LogP contribution is 2.27. The van der Waals surface area contributed by atoms with Crippen LogP contribution in [-0.2, 0) is 9.53 Å². The summed E-state index contributed by atoms with van der Waals surface area (Å²) in [6, 6.07) is 4.49. The molecule has 0 spiro atoms. The fourth-order valence-electron chi connectivity index (χ4n) is 1.15. The molecule has 0 bridgehead atoms. The summed E-state index contributed by atoms with van der Waals surface area (Å²) >= 11 is 3.14. The summed E-state index contributed by atoms with van der Waals surface area (Å²) in [5.41, 5.74) is 0. The van der Waals surface area contributed by atoms with E-state index in [1.54, 1.807) is 6.07 Å².